The second-order valence-corrected chi connectivity index (χ2v) is 10.2. The Hall–Kier alpha value is -4.49. The van der Waals surface area contributed by atoms with Crippen molar-refractivity contribution >= 4 is 50.9 Å². The predicted molar refractivity (Wildman–Crippen MR) is 151 cm³/mol. The first kappa shape index (κ1) is 24.8. The number of ether oxygens (including phenoxy) is 1. The highest BCUT2D eigenvalue weighted by atomic mass is 35.5. The molecular weight excluding hydrogens is 516 g/mol. The van der Waals surface area contributed by atoms with Gasteiger partial charge < -0.3 is 18.8 Å². The fourth-order valence-corrected chi connectivity index (χ4v) is 5.56. The van der Waals surface area contributed by atoms with Gasteiger partial charge in [-0.05, 0) is 55.3 Å². The lowest BCUT2D eigenvalue weighted by atomic mass is 9.94. The van der Waals surface area contributed by atoms with E-state index < -0.39 is 23.5 Å². The number of carbonyl (C=O) groups is 2. The van der Waals surface area contributed by atoms with Crippen LogP contribution in [0.5, 0.6) is 5.75 Å². The minimum atomic E-state index is -0.892. The Labute approximate surface area is 229 Å². The third kappa shape index (κ3) is 3.81. The van der Waals surface area contributed by atoms with Gasteiger partial charge in [-0.2, -0.15) is 0 Å². The standard InChI is InChI=1S/C31H25ClN2O5/c1-16-9-10-20(11-17(16)2)34-27(22-15-33(3)23-8-6-5-7-21(22)23)26(29(36)31(34)37)28(35)24-13-18-12-19(32)14-25(38-4)30(18)39-24/h5-15,27,36H,1-4H3. The summed E-state index contributed by atoms with van der Waals surface area (Å²) in [5.74, 6) is -1.52. The molecular formula is C31H25ClN2O5. The maximum atomic E-state index is 14.1. The van der Waals surface area contributed by atoms with E-state index >= 15 is 0 Å². The lowest BCUT2D eigenvalue weighted by Crippen LogP contribution is -2.31. The summed E-state index contributed by atoms with van der Waals surface area (Å²) < 4.78 is 13.3. The van der Waals surface area contributed by atoms with Crippen molar-refractivity contribution in [2.75, 3.05) is 12.0 Å². The minimum absolute atomic E-state index is 0.0351. The summed E-state index contributed by atoms with van der Waals surface area (Å²) in [6.45, 7) is 3.94. The first-order chi connectivity index (χ1) is 18.7. The number of ketones is 1. The van der Waals surface area contributed by atoms with Gasteiger partial charge in [-0.15, -0.1) is 0 Å². The van der Waals surface area contributed by atoms with Crippen molar-refractivity contribution in [1.82, 2.24) is 4.57 Å². The number of anilines is 1. The molecule has 0 saturated heterocycles. The molecule has 0 aliphatic carbocycles. The first-order valence-corrected chi connectivity index (χ1v) is 12.8. The fourth-order valence-electron chi connectivity index (χ4n) is 5.35. The van der Waals surface area contributed by atoms with Crippen molar-refractivity contribution < 1.29 is 23.8 Å². The van der Waals surface area contributed by atoms with Crippen molar-refractivity contribution in [2.45, 2.75) is 19.9 Å². The number of hydrogen-bond donors (Lipinski definition) is 1. The molecule has 2 aromatic heterocycles. The average molecular weight is 541 g/mol. The Kier molecular flexibility index (Phi) is 5.77. The van der Waals surface area contributed by atoms with E-state index in [1.54, 1.807) is 18.2 Å². The van der Waals surface area contributed by atoms with Crippen molar-refractivity contribution in [3.05, 3.63) is 106 Å². The zero-order valence-electron chi connectivity index (χ0n) is 21.8. The van der Waals surface area contributed by atoms with Crippen LogP contribution in [0.2, 0.25) is 5.02 Å². The van der Waals surface area contributed by atoms with Crippen molar-refractivity contribution in [3.63, 3.8) is 0 Å². The van der Waals surface area contributed by atoms with E-state index in [1.807, 2.05) is 74.1 Å². The molecule has 3 heterocycles. The molecule has 8 heteroatoms. The molecule has 6 rings (SSSR count). The topological polar surface area (TPSA) is 84.9 Å². The van der Waals surface area contributed by atoms with Gasteiger partial charge in [0, 0.05) is 51.9 Å². The molecule has 0 radical (unpaired) electrons. The summed E-state index contributed by atoms with van der Waals surface area (Å²) in [5.41, 5.74) is 4.56. The minimum Gasteiger partial charge on any atom is -0.503 e. The second kappa shape index (κ2) is 9.06. The number of methoxy groups -OCH3 is 1. The van der Waals surface area contributed by atoms with Gasteiger partial charge in [-0.1, -0.05) is 35.9 Å². The first-order valence-electron chi connectivity index (χ1n) is 12.4. The molecule has 1 atom stereocenters. The SMILES string of the molecule is COc1cc(Cl)cc2cc(C(=O)C3=C(O)C(=O)N(c4ccc(C)c(C)c4)C3c3cn(C)c4ccccc34)oc12. The number of halogens is 1. The van der Waals surface area contributed by atoms with Crippen LogP contribution in [0.1, 0.15) is 33.3 Å². The number of rotatable bonds is 5. The maximum Gasteiger partial charge on any atom is 0.294 e. The summed E-state index contributed by atoms with van der Waals surface area (Å²) in [7, 11) is 3.39. The zero-order chi connectivity index (χ0) is 27.6. The number of hydrogen-bond acceptors (Lipinski definition) is 5. The number of nitrogens with zero attached hydrogens (tertiary/aromatic N) is 2. The highest BCUT2D eigenvalue weighted by Gasteiger charge is 2.46. The van der Waals surface area contributed by atoms with E-state index in [2.05, 4.69) is 0 Å². The molecule has 1 amide bonds. The van der Waals surface area contributed by atoms with Gasteiger partial charge in [0.1, 0.15) is 0 Å². The lowest BCUT2D eigenvalue weighted by Gasteiger charge is -2.27. The summed E-state index contributed by atoms with van der Waals surface area (Å²) in [4.78, 5) is 29.3. The average Bonchev–Trinajstić information content (AvgIpc) is 3.57. The van der Waals surface area contributed by atoms with Crippen LogP contribution in [0.3, 0.4) is 0 Å². The van der Waals surface area contributed by atoms with Crippen molar-refractivity contribution in [3.8, 4) is 5.75 Å². The largest absolute Gasteiger partial charge is 0.503 e. The number of aryl methyl sites for hydroxylation is 3. The molecule has 1 N–H and O–H groups in total. The number of aliphatic hydroxyl groups excluding tert-OH is 1. The number of carbonyl (C=O) groups excluding carboxylic acids is 2. The third-order valence-corrected chi connectivity index (χ3v) is 7.65. The Morgan fingerprint density at radius 1 is 1.05 bits per heavy atom. The lowest BCUT2D eigenvalue weighted by molar-refractivity contribution is -0.117. The Morgan fingerprint density at radius 3 is 2.56 bits per heavy atom. The Bertz CT molecular complexity index is 1860. The quantitative estimate of drug-likeness (QED) is 0.243. The van der Waals surface area contributed by atoms with Crippen LogP contribution in [0.25, 0.3) is 21.9 Å². The van der Waals surface area contributed by atoms with Crippen LogP contribution in [0.15, 0.2) is 82.6 Å². The van der Waals surface area contributed by atoms with Crippen LogP contribution in [-0.2, 0) is 11.8 Å². The van der Waals surface area contributed by atoms with E-state index in [9.17, 15) is 14.7 Å². The molecule has 196 valence electrons. The van der Waals surface area contributed by atoms with Gasteiger partial charge in [0.15, 0.2) is 22.9 Å². The number of amides is 1. The monoisotopic (exact) mass is 540 g/mol. The Morgan fingerprint density at radius 2 is 1.82 bits per heavy atom. The summed E-state index contributed by atoms with van der Waals surface area (Å²) in [6.07, 6.45) is 1.89. The van der Waals surface area contributed by atoms with Crippen molar-refractivity contribution in [2.24, 2.45) is 7.05 Å². The van der Waals surface area contributed by atoms with Gasteiger partial charge in [0.05, 0.1) is 18.7 Å². The van der Waals surface area contributed by atoms with E-state index in [0.717, 1.165) is 22.0 Å². The predicted octanol–water partition coefficient (Wildman–Crippen LogP) is 6.99. The zero-order valence-corrected chi connectivity index (χ0v) is 22.5. The second-order valence-electron chi connectivity index (χ2n) is 9.79. The van der Waals surface area contributed by atoms with E-state index in [1.165, 1.54) is 12.0 Å². The maximum absolute atomic E-state index is 14.1. The third-order valence-electron chi connectivity index (χ3n) is 7.43. The van der Waals surface area contributed by atoms with Crippen LogP contribution < -0.4 is 9.64 Å². The van der Waals surface area contributed by atoms with E-state index in [4.69, 9.17) is 20.8 Å². The van der Waals surface area contributed by atoms with Crippen LogP contribution in [-0.4, -0.2) is 28.5 Å². The summed E-state index contributed by atoms with van der Waals surface area (Å²) in [6, 6.07) is 17.3. The number of fused-ring (bicyclic) bond motifs is 2. The number of aliphatic hydroxyl groups is 1. The van der Waals surface area contributed by atoms with Crippen LogP contribution >= 0.6 is 11.6 Å². The van der Waals surface area contributed by atoms with Gasteiger partial charge >= 0.3 is 0 Å². The molecule has 39 heavy (non-hydrogen) atoms. The van der Waals surface area contributed by atoms with Crippen LogP contribution in [0, 0.1) is 13.8 Å². The van der Waals surface area contributed by atoms with Gasteiger partial charge in [-0.25, -0.2) is 0 Å². The highest BCUT2D eigenvalue weighted by Crippen LogP contribution is 2.45. The normalized spacial score (nSPS) is 15.7. The molecule has 5 aromatic rings. The molecule has 3 aromatic carbocycles. The summed E-state index contributed by atoms with van der Waals surface area (Å²) >= 11 is 6.22. The van der Waals surface area contributed by atoms with Crippen LogP contribution in [0.4, 0.5) is 5.69 Å². The molecule has 1 aliphatic rings. The number of benzene rings is 3. The number of aromatic nitrogens is 1. The van der Waals surface area contributed by atoms with E-state index in [0.29, 0.717) is 33.0 Å². The summed E-state index contributed by atoms with van der Waals surface area (Å²) in [5, 5.41) is 13.1. The number of Topliss-reactive ketones (excluding diaryl/α,β-unsaturated/α-hetero) is 1. The highest BCUT2D eigenvalue weighted by molar-refractivity contribution is 6.31. The molecule has 0 saturated carbocycles. The molecule has 7 nitrogen and oxygen atoms in total. The van der Waals surface area contributed by atoms with Gasteiger partial charge in [0.25, 0.3) is 5.91 Å². The molecule has 1 aliphatic heterocycles. The van der Waals surface area contributed by atoms with Gasteiger partial charge in [-0.3, -0.25) is 14.5 Å². The smallest absolute Gasteiger partial charge is 0.294 e. The molecule has 0 bridgehead atoms. The molecule has 1 unspecified atom stereocenters. The van der Waals surface area contributed by atoms with E-state index in [-0.39, 0.29) is 11.3 Å². The van der Waals surface area contributed by atoms with Crippen molar-refractivity contribution in [1.29, 1.82) is 0 Å². The molecule has 0 spiro atoms. The molecule has 0 fully saturated rings. The number of furan rings is 1. The number of para-hydroxylation sites is 1. The fraction of sp³-hybridized carbons (Fsp3) is 0.161. The Balaban J connectivity index is 1.57. The van der Waals surface area contributed by atoms with Gasteiger partial charge in [0.2, 0.25) is 5.78 Å².